The van der Waals surface area contributed by atoms with Gasteiger partial charge in [0, 0.05) is 17.3 Å². The number of hydrogen-bond donors (Lipinski definition) is 3. The van der Waals surface area contributed by atoms with E-state index in [9.17, 15) is 4.79 Å². The third-order valence-electron chi connectivity index (χ3n) is 3.16. The molecule has 21 heavy (non-hydrogen) atoms. The molecule has 1 amide bonds. The van der Waals surface area contributed by atoms with Crippen LogP contribution in [0.5, 0.6) is 0 Å². The second kappa shape index (κ2) is 6.63. The number of halogens is 1. The standard InChI is InChI=1S/C15H19ClN4O/c1-4-7-17-13-6-5-11(16)8-12(13)15(21)18-14-9(2)19-20-10(14)3/h5-6,8,17H,4,7H2,1-3H3,(H,18,21)(H,19,20). The zero-order valence-corrected chi connectivity index (χ0v) is 13.1. The highest BCUT2D eigenvalue weighted by atomic mass is 35.5. The lowest BCUT2D eigenvalue weighted by Crippen LogP contribution is -2.16. The Morgan fingerprint density at radius 1 is 1.38 bits per heavy atom. The van der Waals surface area contributed by atoms with Gasteiger partial charge in [0.05, 0.1) is 22.6 Å². The molecule has 0 saturated carbocycles. The lowest BCUT2D eigenvalue weighted by molar-refractivity contribution is 0.102. The number of H-pyrrole nitrogens is 1. The Labute approximate surface area is 129 Å². The first kappa shape index (κ1) is 15.4. The number of aromatic nitrogens is 2. The first-order valence-corrected chi connectivity index (χ1v) is 7.27. The molecule has 6 heteroatoms. The van der Waals surface area contributed by atoms with E-state index in [1.807, 2.05) is 19.9 Å². The fourth-order valence-electron chi connectivity index (χ4n) is 2.03. The molecular formula is C15H19ClN4O. The van der Waals surface area contributed by atoms with E-state index in [0.29, 0.717) is 16.3 Å². The van der Waals surface area contributed by atoms with Crippen LogP contribution >= 0.6 is 11.6 Å². The number of hydrogen-bond acceptors (Lipinski definition) is 3. The number of carbonyl (C=O) groups is 1. The van der Waals surface area contributed by atoms with Gasteiger partial charge in [-0.25, -0.2) is 0 Å². The van der Waals surface area contributed by atoms with Crippen molar-refractivity contribution in [1.82, 2.24) is 10.2 Å². The maximum absolute atomic E-state index is 12.5. The number of nitrogens with zero attached hydrogens (tertiary/aromatic N) is 1. The van der Waals surface area contributed by atoms with Crippen LogP contribution in [0.2, 0.25) is 5.02 Å². The zero-order valence-electron chi connectivity index (χ0n) is 12.4. The Morgan fingerprint density at radius 2 is 2.14 bits per heavy atom. The average molecular weight is 307 g/mol. The molecule has 0 radical (unpaired) electrons. The van der Waals surface area contributed by atoms with Crippen LogP contribution in [0.15, 0.2) is 18.2 Å². The number of nitrogens with one attached hydrogen (secondary N) is 3. The van der Waals surface area contributed by atoms with Crippen molar-refractivity contribution in [3.63, 3.8) is 0 Å². The van der Waals surface area contributed by atoms with Gasteiger partial charge in [-0.15, -0.1) is 0 Å². The molecule has 112 valence electrons. The summed E-state index contributed by atoms with van der Waals surface area (Å²) >= 11 is 6.01. The molecule has 1 aromatic heterocycles. The molecule has 0 unspecified atom stereocenters. The number of aromatic amines is 1. The molecule has 0 aliphatic heterocycles. The molecule has 2 rings (SSSR count). The Hall–Kier alpha value is -2.01. The molecule has 0 aliphatic rings. The summed E-state index contributed by atoms with van der Waals surface area (Å²) in [6, 6.07) is 5.26. The highest BCUT2D eigenvalue weighted by Gasteiger charge is 2.15. The van der Waals surface area contributed by atoms with Gasteiger partial charge in [-0.05, 0) is 38.5 Å². The first-order valence-electron chi connectivity index (χ1n) is 6.89. The van der Waals surface area contributed by atoms with E-state index in [1.165, 1.54) is 0 Å². The van der Waals surface area contributed by atoms with Crippen LogP contribution in [-0.4, -0.2) is 22.6 Å². The summed E-state index contributed by atoms with van der Waals surface area (Å²) < 4.78 is 0. The van der Waals surface area contributed by atoms with Crippen molar-refractivity contribution in [1.29, 1.82) is 0 Å². The summed E-state index contributed by atoms with van der Waals surface area (Å²) in [4.78, 5) is 12.5. The van der Waals surface area contributed by atoms with Crippen molar-refractivity contribution < 1.29 is 4.79 Å². The van der Waals surface area contributed by atoms with Crippen LogP contribution in [0.1, 0.15) is 35.1 Å². The molecule has 0 saturated heterocycles. The van der Waals surface area contributed by atoms with Crippen LogP contribution in [-0.2, 0) is 0 Å². The molecule has 0 aliphatic carbocycles. The summed E-state index contributed by atoms with van der Waals surface area (Å²) in [5.74, 6) is -0.205. The van der Waals surface area contributed by atoms with Gasteiger partial charge in [0.25, 0.3) is 5.91 Å². The highest BCUT2D eigenvalue weighted by molar-refractivity contribution is 6.31. The predicted molar refractivity (Wildman–Crippen MR) is 86.2 cm³/mol. The van der Waals surface area contributed by atoms with Crippen molar-refractivity contribution >= 4 is 28.9 Å². The van der Waals surface area contributed by atoms with E-state index in [4.69, 9.17) is 11.6 Å². The van der Waals surface area contributed by atoms with Gasteiger partial charge in [0.2, 0.25) is 0 Å². The molecule has 1 aromatic carbocycles. The van der Waals surface area contributed by atoms with Gasteiger partial charge in [0.1, 0.15) is 0 Å². The van der Waals surface area contributed by atoms with E-state index in [0.717, 1.165) is 30.0 Å². The van der Waals surface area contributed by atoms with E-state index in [1.54, 1.807) is 12.1 Å². The molecule has 0 fully saturated rings. The molecule has 3 N–H and O–H groups in total. The fourth-order valence-corrected chi connectivity index (χ4v) is 2.21. The quantitative estimate of drug-likeness (QED) is 0.788. The van der Waals surface area contributed by atoms with E-state index in [2.05, 4.69) is 27.8 Å². The van der Waals surface area contributed by atoms with Crippen molar-refractivity contribution in [3.8, 4) is 0 Å². The van der Waals surface area contributed by atoms with Crippen molar-refractivity contribution in [3.05, 3.63) is 40.2 Å². The summed E-state index contributed by atoms with van der Waals surface area (Å²) in [6.07, 6.45) is 0.976. The maximum Gasteiger partial charge on any atom is 0.257 e. The summed E-state index contributed by atoms with van der Waals surface area (Å²) in [5, 5.41) is 13.6. The first-order chi connectivity index (χ1) is 10.0. The molecule has 2 aromatic rings. The molecule has 0 bridgehead atoms. The van der Waals surface area contributed by atoms with Crippen LogP contribution in [0.25, 0.3) is 0 Å². The van der Waals surface area contributed by atoms with Gasteiger partial charge >= 0.3 is 0 Å². The van der Waals surface area contributed by atoms with E-state index in [-0.39, 0.29) is 5.91 Å². The maximum atomic E-state index is 12.5. The Bertz CT molecular complexity index is 632. The smallest absolute Gasteiger partial charge is 0.257 e. The Kier molecular flexibility index (Phi) is 4.85. The van der Waals surface area contributed by atoms with E-state index >= 15 is 0 Å². The van der Waals surface area contributed by atoms with Crippen LogP contribution < -0.4 is 10.6 Å². The minimum Gasteiger partial charge on any atom is -0.384 e. The lowest BCUT2D eigenvalue weighted by Gasteiger charge is -2.12. The molecule has 0 spiro atoms. The number of anilines is 2. The largest absolute Gasteiger partial charge is 0.384 e. The number of rotatable bonds is 5. The zero-order chi connectivity index (χ0) is 15.4. The van der Waals surface area contributed by atoms with E-state index < -0.39 is 0 Å². The van der Waals surface area contributed by atoms with Crippen molar-refractivity contribution in [2.45, 2.75) is 27.2 Å². The molecule has 0 atom stereocenters. The molecule has 1 heterocycles. The van der Waals surface area contributed by atoms with Gasteiger partial charge in [-0.2, -0.15) is 5.10 Å². The second-order valence-electron chi connectivity index (χ2n) is 4.88. The number of aryl methyl sites for hydroxylation is 2. The second-order valence-corrected chi connectivity index (χ2v) is 5.32. The predicted octanol–water partition coefficient (Wildman–Crippen LogP) is 3.75. The molecular weight excluding hydrogens is 288 g/mol. The monoisotopic (exact) mass is 306 g/mol. The third-order valence-corrected chi connectivity index (χ3v) is 3.39. The fraction of sp³-hybridized carbons (Fsp3) is 0.333. The van der Waals surface area contributed by atoms with Gasteiger partial charge in [0.15, 0.2) is 0 Å². The number of benzene rings is 1. The van der Waals surface area contributed by atoms with Crippen molar-refractivity contribution in [2.75, 3.05) is 17.2 Å². The molecule has 5 nitrogen and oxygen atoms in total. The topological polar surface area (TPSA) is 69.8 Å². The van der Waals surface area contributed by atoms with Gasteiger partial charge in [-0.3, -0.25) is 9.89 Å². The minimum absolute atomic E-state index is 0.205. The number of carbonyl (C=O) groups excluding carboxylic acids is 1. The Balaban J connectivity index is 2.27. The van der Waals surface area contributed by atoms with Crippen LogP contribution in [0.4, 0.5) is 11.4 Å². The highest BCUT2D eigenvalue weighted by Crippen LogP contribution is 2.23. The summed E-state index contributed by atoms with van der Waals surface area (Å²) in [5.41, 5.74) is 3.59. The SMILES string of the molecule is CCCNc1ccc(Cl)cc1C(=O)Nc1c(C)n[nH]c1C. The lowest BCUT2D eigenvalue weighted by atomic mass is 10.1. The van der Waals surface area contributed by atoms with Gasteiger partial charge < -0.3 is 10.6 Å². The van der Waals surface area contributed by atoms with Crippen LogP contribution in [0, 0.1) is 13.8 Å². The summed E-state index contributed by atoms with van der Waals surface area (Å²) in [6.45, 7) is 6.57. The third kappa shape index (κ3) is 3.55. The van der Waals surface area contributed by atoms with Gasteiger partial charge in [-0.1, -0.05) is 18.5 Å². The minimum atomic E-state index is -0.205. The Morgan fingerprint density at radius 3 is 2.76 bits per heavy atom. The van der Waals surface area contributed by atoms with Crippen molar-refractivity contribution in [2.24, 2.45) is 0 Å². The summed E-state index contributed by atoms with van der Waals surface area (Å²) in [7, 11) is 0. The number of amides is 1. The normalized spacial score (nSPS) is 10.5. The van der Waals surface area contributed by atoms with Crippen LogP contribution in [0.3, 0.4) is 0 Å². The average Bonchev–Trinajstić information content (AvgIpc) is 2.77.